The van der Waals surface area contributed by atoms with Gasteiger partial charge in [-0.1, -0.05) is 67.1 Å². The zero-order valence-electron chi connectivity index (χ0n) is 21.5. The van der Waals surface area contributed by atoms with Gasteiger partial charge in [0.2, 0.25) is 5.91 Å². The van der Waals surface area contributed by atoms with Gasteiger partial charge in [-0.15, -0.1) is 0 Å². The maximum absolute atomic E-state index is 13.6. The molecule has 4 aromatic rings. The lowest BCUT2D eigenvalue weighted by Crippen LogP contribution is -2.49. The second-order valence-electron chi connectivity index (χ2n) is 9.64. The summed E-state index contributed by atoms with van der Waals surface area (Å²) < 4.78 is 5.55. The molecule has 1 atom stereocenters. The summed E-state index contributed by atoms with van der Waals surface area (Å²) in [5.41, 5.74) is 7.19. The predicted octanol–water partition coefficient (Wildman–Crippen LogP) is 5.92. The van der Waals surface area contributed by atoms with Crippen molar-refractivity contribution >= 4 is 22.5 Å². The van der Waals surface area contributed by atoms with E-state index >= 15 is 0 Å². The Morgan fingerprint density at radius 2 is 1.72 bits per heavy atom. The molecule has 0 aliphatic carbocycles. The molecule has 3 aromatic carbocycles. The number of piperazine rings is 1. The van der Waals surface area contributed by atoms with Crippen LogP contribution in [0.2, 0.25) is 0 Å². The fourth-order valence-electron chi connectivity index (χ4n) is 5.42. The molecular formula is C31H35N3O2. The van der Waals surface area contributed by atoms with Crippen molar-refractivity contribution in [2.24, 2.45) is 0 Å². The minimum atomic E-state index is 0.00574. The Kier molecular flexibility index (Phi) is 6.99. The minimum absolute atomic E-state index is 0.00574. The van der Waals surface area contributed by atoms with E-state index in [1.165, 1.54) is 33.2 Å². The number of nitrogens with one attached hydrogen (secondary N) is 1. The van der Waals surface area contributed by atoms with Gasteiger partial charge < -0.3 is 19.5 Å². The van der Waals surface area contributed by atoms with Gasteiger partial charge in [0.1, 0.15) is 5.75 Å². The number of para-hydroxylation sites is 3. The van der Waals surface area contributed by atoms with Gasteiger partial charge >= 0.3 is 0 Å². The summed E-state index contributed by atoms with van der Waals surface area (Å²) >= 11 is 0. The van der Waals surface area contributed by atoms with Crippen molar-refractivity contribution in [2.75, 3.05) is 38.2 Å². The first kappa shape index (κ1) is 24.0. The van der Waals surface area contributed by atoms with Crippen molar-refractivity contribution in [2.45, 2.75) is 32.6 Å². The van der Waals surface area contributed by atoms with Gasteiger partial charge in [0, 0.05) is 55.6 Å². The normalized spacial score (nSPS) is 14.8. The highest BCUT2D eigenvalue weighted by molar-refractivity contribution is 5.88. The van der Waals surface area contributed by atoms with Crippen LogP contribution >= 0.6 is 0 Å². The van der Waals surface area contributed by atoms with Crippen LogP contribution in [-0.4, -0.2) is 49.1 Å². The van der Waals surface area contributed by atoms with Crippen LogP contribution in [0, 0.1) is 6.92 Å². The van der Waals surface area contributed by atoms with Gasteiger partial charge in [-0.3, -0.25) is 4.79 Å². The third-order valence-corrected chi connectivity index (χ3v) is 7.51. The second kappa shape index (κ2) is 10.5. The number of carbonyl (C=O) groups is 1. The number of fused-ring (bicyclic) bond motifs is 1. The molecule has 2 heterocycles. The molecule has 1 N–H and O–H groups in total. The molecule has 5 heteroatoms. The lowest BCUT2D eigenvalue weighted by Gasteiger charge is -2.37. The summed E-state index contributed by atoms with van der Waals surface area (Å²) in [4.78, 5) is 21.5. The van der Waals surface area contributed by atoms with E-state index in [1.807, 2.05) is 23.1 Å². The van der Waals surface area contributed by atoms with Crippen molar-refractivity contribution in [3.05, 3.63) is 95.2 Å². The van der Waals surface area contributed by atoms with Gasteiger partial charge in [-0.05, 0) is 42.2 Å². The molecule has 5 nitrogen and oxygen atoms in total. The Hall–Kier alpha value is -3.73. The highest BCUT2D eigenvalue weighted by atomic mass is 16.5. The summed E-state index contributed by atoms with van der Waals surface area (Å²) in [6.45, 7) is 7.31. The van der Waals surface area contributed by atoms with Crippen molar-refractivity contribution in [3.8, 4) is 5.75 Å². The molecule has 1 saturated heterocycles. The van der Waals surface area contributed by atoms with E-state index in [1.54, 1.807) is 7.11 Å². The fraction of sp³-hybridized carbons (Fsp3) is 0.323. The number of H-pyrrole nitrogens is 1. The van der Waals surface area contributed by atoms with Crippen LogP contribution in [0.15, 0.2) is 72.9 Å². The topological polar surface area (TPSA) is 48.6 Å². The Balaban J connectivity index is 1.37. The van der Waals surface area contributed by atoms with E-state index in [9.17, 15) is 4.79 Å². The molecule has 0 radical (unpaired) electrons. The van der Waals surface area contributed by atoms with Gasteiger partial charge in [0.25, 0.3) is 0 Å². The monoisotopic (exact) mass is 481 g/mol. The molecular weight excluding hydrogens is 446 g/mol. The van der Waals surface area contributed by atoms with Gasteiger partial charge in [-0.25, -0.2) is 0 Å². The summed E-state index contributed by atoms with van der Waals surface area (Å²) in [5, 5.41) is 1.22. The van der Waals surface area contributed by atoms with E-state index in [-0.39, 0.29) is 11.8 Å². The zero-order chi connectivity index (χ0) is 25.1. The van der Waals surface area contributed by atoms with Crippen LogP contribution in [0.3, 0.4) is 0 Å². The van der Waals surface area contributed by atoms with Crippen LogP contribution in [0.25, 0.3) is 10.9 Å². The Labute approximate surface area is 213 Å². The van der Waals surface area contributed by atoms with Crippen molar-refractivity contribution in [3.63, 3.8) is 0 Å². The van der Waals surface area contributed by atoms with Crippen LogP contribution in [0.4, 0.5) is 5.69 Å². The summed E-state index contributed by atoms with van der Waals surface area (Å²) in [6.07, 6.45) is 3.55. The Morgan fingerprint density at radius 1 is 0.972 bits per heavy atom. The number of nitrogens with zero attached hydrogens (tertiary/aromatic N) is 2. The predicted molar refractivity (Wildman–Crippen MR) is 147 cm³/mol. The average molecular weight is 482 g/mol. The fourth-order valence-corrected chi connectivity index (χ4v) is 5.42. The largest absolute Gasteiger partial charge is 0.495 e. The van der Waals surface area contributed by atoms with Gasteiger partial charge in [-0.2, -0.15) is 0 Å². The zero-order valence-corrected chi connectivity index (χ0v) is 21.5. The van der Waals surface area contributed by atoms with E-state index in [4.69, 9.17) is 4.74 Å². The van der Waals surface area contributed by atoms with Crippen LogP contribution in [0.1, 0.15) is 41.5 Å². The van der Waals surface area contributed by atoms with E-state index in [2.05, 4.69) is 78.5 Å². The quantitative estimate of drug-likeness (QED) is 0.357. The molecule has 0 spiro atoms. The molecule has 5 rings (SSSR count). The third kappa shape index (κ3) is 4.70. The van der Waals surface area contributed by atoms with Gasteiger partial charge in [0.05, 0.1) is 12.8 Å². The molecule has 186 valence electrons. The Bertz CT molecular complexity index is 1330. The highest BCUT2D eigenvalue weighted by Crippen LogP contribution is 2.35. The summed E-state index contributed by atoms with van der Waals surface area (Å²) in [6, 6.07) is 23.2. The van der Waals surface area contributed by atoms with Gasteiger partial charge in [0.15, 0.2) is 0 Å². The minimum Gasteiger partial charge on any atom is -0.495 e. The number of hydrogen-bond acceptors (Lipinski definition) is 3. The van der Waals surface area contributed by atoms with E-state index in [0.29, 0.717) is 19.5 Å². The van der Waals surface area contributed by atoms with Crippen LogP contribution < -0.4 is 9.64 Å². The highest BCUT2D eigenvalue weighted by Gasteiger charge is 2.27. The smallest absolute Gasteiger partial charge is 0.223 e. The maximum Gasteiger partial charge on any atom is 0.223 e. The van der Waals surface area contributed by atoms with Crippen molar-refractivity contribution in [1.82, 2.24) is 9.88 Å². The molecule has 1 fully saturated rings. The number of anilines is 1. The molecule has 0 saturated carbocycles. The number of aromatic nitrogens is 1. The van der Waals surface area contributed by atoms with Crippen LogP contribution in [-0.2, 0) is 11.2 Å². The molecule has 1 aliphatic rings. The molecule has 1 amide bonds. The van der Waals surface area contributed by atoms with Crippen LogP contribution in [0.5, 0.6) is 5.75 Å². The maximum atomic E-state index is 13.6. The lowest BCUT2D eigenvalue weighted by atomic mass is 9.87. The number of hydrogen-bond donors (Lipinski definition) is 1. The van der Waals surface area contributed by atoms with Crippen molar-refractivity contribution < 1.29 is 9.53 Å². The number of aryl methyl sites for hydroxylation is 2. The number of ether oxygens (including phenoxy) is 1. The molecule has 36 heavy (non-hydrogen) atoms. The van der Waals surface area contributed by atoms with Crippen molar-refractivity contribution in [1.29, 1.82) is 0 Å². The Morgan fingerprint density at radius 3 is 2.44 bits per heavy atom. The molecule has 0 bridgehead atoms. The summed E-state index contributed by atoms with van der Waals surface area (Å²) in [5.74, 6) is 1.09. The first-order chi connectivity index (χ1) is 17.6. The summed E-state index contributed by atoms with van der Waals surface area (Å²) in [7, 11) is 1.71. The second-order valence-corrected chi connectivity index (χ2v) is 9.64. The van der Waals surface area contributed by atoms with E-state index in [0.717, 1.165) is 30.9 Å². The number of methoxy groups -OCH3 is 1. The average Bonchev–Trinajstić information content (AvgIpc) is 3.36. The van der Waals surface area contributed by atoms with E-state index < -0.39 is 0 Å². The SMILES string of the molecule is CCc1cccc2c([C@@H](CC(=O)N3CCN(c4ccccc4OC)CC3)c3ccc(C)cc3)c[nH]c12. The number of aromatic amines is 1. The lowest BCUT2D eigenvalue weighted by molar-refractivity contribution is -0.131. The number of benzene rings is 3. The third-order valence-electron chi connectivity index (χ3n) is 7.51. The number of carbonyl (C=O) groups excluding carboxylic acids is 1. The number of amides is 1. The molecule has 1 aliphatic heterocycles. The first-order valence-electron chi connectivity index (χ1n) is 12.9. The number of rotatable bonds is 7. The first-order valence-corrected chi connectivity index (χ1v) is 12.9. The standard InChI is InChI=1S/C31H35N3O2/c1-4-23-8-7-9-25-27(21-32-31(23)25)26(24-14-12-22(2)13-15-24)20-30(35)34-18-16-33(17-19-34)28-10-5-6-11-29(28)36-3/h5-15,21,26,32H,4,16-20H2,1-3H3/t26-/m0/s1. The molecule has 0 unspecified atom stereocenters. The molecule has 1 aromatic heterocycles.